The lowest BCUT2D eigenvalue weighted by molar-refractivity contribution is -0.133. The standard InChI is InChI=1S/C27H37FN4O6S/c1-5-18(9-10-24(33)31-11-13-32(14-12-31)26(35)37-27(2,3)4)22(39)17-36-25(34)29-23-16-21(30-38-23)19-7-6-8-20(28)15-19/h6-8,15-16,18,22,39H,5,9-14,17H2,1-4H3,(H,29,34)/t18-,22?/m0/s1. The zero-order valence-corrected chi connectivity index (χ0v) is 23.7. The Bertz CT molecular complexity index is 1130. The van der Waals surface area contributed by atoms with Crippen LogP contribution in [0.4, 0.5) is 19.9 Å². The van der Waals surface area contributed by atoms with Gasteiger partial charge in [0.2, 0.25) is 11.8 Å². The summed E-state index contributed by atoms with van der Waals surface area (Å²) in [5, 5.41) is 6.03. The molecule has 0 spiro atoms. The quantitative estimate of drug-likeness (QED) is 0.402. The maximum atomic E-state index is 13.4. The maximum absolute atomic E-state index is 13.4. The Morgan fingerprint density at radius 1 is 1.15 bits per heavy atom. The highest BCUT2D eigenvalue weighted by Crippen LogP contribution is 2.24. The van der Waals surface area contributed by atoms with E-state index in [-0.39, 0.29) is 35.7 Å². The molecule has 3 rings (SSSR count). The number of amides is 3. The lowest BCUT2D eigenvalue weighted by Crippen LogP contribution is -2.51. The molecule has 2 aromatic rings. The van der Waals surface area contributed by atoms with Gasteiger partial charge in [0, 0.05) is 49.5 Å². The van der Waals surface area contributed by atoms with E-state index in [9.17, 15) is 18.8 Å². The minimum absolute atomic E-state index is 0.0240. The van der Waals surface area contributed by atoms with Gasteiger partial charge in [-0.3, -0.25) is 10.1 Å². The van der Waals surface area contributed by atoms with Crippen molar-refractivity contribution in [3.05, 3.63) is 36.1 Å². The predicted octanol–water partition coefficient (Wildman–Crippen LogP) is 5.21. The molecule has 1 aromatic carbocycles. The van der Waals surface area contributed by atoms with Gasteiger partial charge in [-0.25, -0.2) is 14.0 Å². The number of ether oxygens (including phenoxy) is 2. The molecule has 39 heavy (non-hydrogen) atoms. The number of carbonyl (C=O) groups is 3. The Hall–Kier alpha value is -3.28. The van der Waals surface area contributed by atoms with Gasteiger partial charge < -0.3 is 23.8 Å². The molecule has 0 aliphatic carbocycles. The fourth-order valence-electron chi connectivity index (χ4n) is 4.15. The van der Waals surface area contributed by atoms with Crippen LogP contribution < -0.4 is 5.32 Å². The smallest absolute Gasteiger partial charge is 0.414 e. The maximum Gasteiger partial charge on any atom is 0.414 e. The summed E-state index contributed by atoms with van der Waals surface area (Å²) < 4.78 is 29.2. The van der Waals surface area contributed by atoms with E-state index in [2.05, 4.69) is 23.1 Å². The van der Waals surface area contributed by atoms with E-state index >= 15 is 0 Å². The first-order valence-electron chi connectivity index (χ1n) is 13.1. The molecule has 12 heteroatoms. The van der Waals surface area contributed by atoms with Gasteiger partial charge in [-0.05, 0) is 45.2 Å². The third-order valence-electron chi connectivity index (χ3n) is 6.32. The van der Waals surface area contributed by atoms with Gasteiger partial charge in [0.25, 0.3) is 0 Å². The van der Waals surface area contributed by atoms with Gasteiger partial charge >= 0.3 is 12.2 Å². The monoisotopic (exact) mass is 564 g/mol. The molecule has 10 nitrogen and oxygen atoms in total. The van der Waals surface area contributed by atoms with E-state index in [0.717, 1.165) is 6.42 Å². The summed E-state index contributed by atoms with van der Waals surface area (Å²) in [4.78, 5) is 40.6. The van der Waals surface area contributed by atoms with Crippen LogP contribution in [0, 0.1) is 11.7 Å². The predicted molar refractivity (Wildman–Crippen MR) is 147 cm³/mol. The molecular formula is C27H37FN4O6S. The molecule has 0 saturated carbocycles. The van der Waals surface area contributed by atoms with Gasteiger partial charge in [0.1, 0.15) is 23.7 Å². The molecule has 0 bridgehead atoms. The van der Waals surface area contributed by atoms with Crippen LogP contribution in [0.15, 0.2) is 34.9 Å². The number of piperazine rings is 1. The summed E-state index contributed by atoms with van der Waals surface area (Å²) >= 11 is 4.61. The van der Waals surface area contributed by atoms with Crippen molar-refractivity contribution >= 4 is 36.6 Å². The number of hydrogen-bond donors (Lipinski definition) is 2. The van der Waals surface area contributed by atoms with Crippen molar-refractivity contribution in [2.24, 2.45) is 5.92 Å². The van der Waals surface area contributed by atoms with Crippen molar-refractivity contribution in [2.75, 3.05) is 38.1 Å². The molecule has 0 radical (unpaired) electrons. The number of aromatic nitrogens is 1. The van der Waals surface area contributed by atoms with Crippen molar-refractivity contribution in [3.63, 3.8) is 0 Å². The van der Waals surface area contributed by atoms with Crippen LogP contribution in [0.3, 0.4) is 0 Å². The molecule has 1 N–H and O–H groups in total. The first-order chi connectivity index (χ1) is 18.4. The largest absolute Gasteiger partial charge is 0.448 e. The summed E-state index contributed by atoms with van der Waals surface area (Å²) in [6.07, 6.45) is 0.607. The van der Waals surface area contributed by atoms with Crippen LogP contribution in [0.25, 0.3) is 11.3 Å². The van der Waals surface area contributed by atoms with Crippen molar-refractivity contribution < 1.29 is 32.8 Å². The van der Waals surface area contributed by atoms with E-state index in [0.29, 0.717) is 50.3 Å². The van der Waals surface area contributed by atoms with Crippen LogP contribution >= 0.6 is 12.6 Å². The van der Waals surface area contributed by atoms with Gasteiger partial charge in [-0.2, -0.15) is 12.6 Å². The average Bonchev–Trinajstić information content (AvgIpc) is 3.35. The number of thiol groups is 1. The Morgan fingerprint density at radius 3 is 2.49 bits per heavy atom. The number of anilines is 1. The Kier molecular flexibility index (Phi) is 10.6. The van der Waals surface area contributed by atoms with Gasteiger partial charge in [-0.15, -0.1) is 0 Å². The van der Waals surface area contributed by atoms with Crippen LogP contribution in [0.1, 0.15) is 47.0 Å². The first kappa shape index (κ1) is 30.3. The van der Waals surface area contributed by atoms with Gasteiger partial charge in [0.05, 0.1) is 0 Å². The molecule has 1 aliphatic rings. The van der Waals surface area contributed by atoms with E-state index in [4.69, 9.17) is 14.0 Å². The van der Waals surface area contributed by atoms with Crippen molar-refractivity contribution in [1.82, 2.24) is 15.0 Å². The summed E-state index contributed by atoms with van der Waals surface area (Å²) in [7, 11) is 0. The second-order valence-electron chi connectivity index (χ2n) is 10.4. The Balaban J connectivity index is 1.38. The van der Waals surface area contributed by atoms with Crippen LogP contribution in [-0.2, 0) is 14.3 Å². The second kappa shape index (κ2) is 13.7. The van der Waals surface area contributed by atoms with E-state index < -0.39 is 17.5 Å². The number of hydrogen-bond acceptors (Lipinski definition) is 8. The number of carbonyl (C=O) groups excluding carboxylic acids is 3. The number of nitrogens with zero attached hydrogens (tertiary/aromatic N) is 3. The fraction of sp³-hybridized carbons (Fsp3) is 0.556. The van der Waals surface area contributed by atoms with Gasteiger partial charge in [-0.1, -0.05) is 30.6 Å². The Labute approximate surface area is 233 Å². The number of rotatable bonds is 9. The topological polar surface area (TPSA) is 114 Å². The summed E-state index contributed by atoms with van der Waals surface area (Å²) in [5.41, 5.74) is 0.330. The zero-order valence-electron chi connectivity index (χ0n) is 22.8. The van der Waals surface area contributed by atoms with Gasteiger partial charge in [0.15, 0.2) is 0 Å². The zero-order chi connectivity index (χ0) is 28.6. The van der Waals surface area contributed by atoms with Crippen LogP contribution in [0.2, 0.25) is 0 Å². The van der Waals surface area contributed by atoms with Crippen molar-refractivity contribution in [1.29, 1.82) is 0 Å². The fourth-order valence-corrected chi connectivity index (χ4v) is 4.59. The third kappa shape index (κ3) is 9.45. The summed E-state index contributed by atoms with van der Waals surface area (Å²) in [5.74, 6) is -0.259. The average molecular weight is 565 g/mol. The molecule has 1 fully saturated rings. The number of halogens is 1. The summed E-state index contributed by atoms with van der Waals surface area (Å²) in [6, 6.07) is 7.34. The molecule has 1 unspecified atom stereocenters. The molecule has 1 aliphatic heterocycles. The lowest BCUT2D eigenvalue weighted by atomic mass is 9.96. The molecule has 214 valence electrons. The van der Waals surface area contributed by atoms with Crippen LogP contribution in [-0.4, -0.2) is 76.7 Å². The number of benzene rings is 1. The molecule has 3 amide bonds. The lowest BCUT2D eigenvalue weighted by Gasteiger charge is -2.36. The highest BCUT2D eigenvalue weighted by atomic mass is 32.1. The highest BCUT2D eigenvalue weighted by molar-refractivity contribution is 7.81. The minimum Gasteiger partial charge on any atom is -0.448 e. The minimum atomic E-state index is -0.732. The molecule has 2 atom stereocenters. The van der Waals surface area contributed by atoms with E-state index in [1.54, 1.807) is 21.9 Å². The van der Waals surface area contributed by atoms with Crippen molar-refractivity contribution in [2.45, 2.75) is 57.8 Å². The molecular weight excluding hydrogens is 527 g/mol. The van der Waals surface area contributed by atoms with Crippen molar-refractivity contribution in [3.8, 4) is 11.3 Å². The third-order valence-corrected chi connectivity index (χ3v) is 6.89. The molecule has 1 aromatic heterocycles. The van der Waals surface area contributed by atoms with Crippen LogP contribution in [0.5, 0.6) is 0 Å². The summed E-state index contributed by atoms with van der Waals surface area (Å²) in [6.45, 7) is 9.31. The van der Waals surface area contributed by atoms with E-state index in [1.165, 1.54) is 18.2 Å². The Morgan fingerprint density at radius 2 is 1.85 bits per heavy atom. The first-order valence-corrected chi connectivity index (χ1v) is 13.6. The highest BCUT2D eigenvalue weighted by Gasteiger charge is 2.28. The second-order valence-corrected chi connectivity index (χ2v) is 11.1. The number of nitrogens with one attached hydrogen (secondary N) is 1. The molecule has 2 heterocycles. The molecule has 1 saturated heterocycles. The SMILES string of the molecule is CC[C@@H](CCC(=O)N1CCN(C(=O)OC(C)(C)C)CC1)C(S)COC(=O)Nc1cc(-c2cccc(F)c2)no1. The van der Waals surface area contributed by atoms with E-state index in [1.807, 2.05) is 27.7 Å². The normalized spacial score (nSPS) is 15.4.